The number of rotatable bonds is 3. The van der Waals surface area contributed by atoms with Gasteiger partial charge in [0.2, 0.25) is 5.91 Å². The summed E-state index contributed by atoms with van der Waals surface area (Å²) in [4.78, 5) is 50.1. The molecule has 3 N–H and O–H groups in total. The van der Waals surface area contributed by atoms with E-state index >= 15 is 0 Å². The quantitative estimate of drug-likeness (QED) is 0.408. The van der Waals surface area contributed by atoms with Crippen molar-refractivity contribution < 1.29 is 74.0 Å². The summed E-state index contributed by atoms with van der Waals surface area (Å²) in [6.07, 6.45) is -10.6. The average Bonchev–Trinajstić information content (AvgIpc) is 3.34. The number of alkyl halides is 9. The lowest BCUT2D eigenvalue weighted by atomic mass is 9.92. The van der Waals surface area contributed by atoms with Crippen molar-refractivity contribution in [1.29, 1.82) is 0 Å². The van der Waals surface area contributed by atoms with E-state index in [1.165, 1.54) is 5.56 Å². The van der Waals surface area contributed by atoms with E-state index in [0.717, 1.165) is 38.3 Å². The SMILES string of the molecule is CN1CC(=O)N(c2cccnc2)CC12CCN(Cc1ccccc1)C2.O=C(O)C(F)(F)F.O=C(O)C(F)(F)F.O=C(O)C(F)(F)F. The third kappa shape index (κ3) is 12.9. The van der Waals surface area contributed by atoms with Crippen LogP contribution in [0.2, 0.25) is 0 Å². The zero-order chi connectivity index (χ0) is 35.5. The van der Waals surface area contributed by atoms with Gasteiger partial charge in [-0.25, -0.2) is 14.4 Å². The van der Waals surface area contributed by atoms with Crippen molar-refractivity contribution in [2.45, 2.75) is 37.0 Å². The van der Waals surface area contributed by atoms with Crippen LogP contribution in [0.3, 0.4) is 0 Å². The van der Waals surface area contributed by atoms with Gasteiger partial charge in [-0.1, -0.05) is 30.3 Å². The monoisotopic (exact) mass is 678 g/mol. The van der Waals surface area contributed by atoms with Gasteiger partial charge >= 0.3 is 36.4 Å². The number of carboxylic acid groups (broad SMARTS) is 3. The highest BCUT2D eigenvalue weighted by atomic mass is 19.4. The fourth-order valence-corrected chi connectivity index (χ4v) is 4.07. The normalized spacial score (nSPS) is 18.7. The molecule has 4 rings (SSSR count). The van der Waals surface area contributed by atoms with Crippen LogP contribution in [-0.2, 0) is 25.7 Å². The number of likely N-dealkylation sites (tertiary alicyclic amines) is 1. The molecule has 1 spiro atoms. The smallest absolute Gasteiger partial charge is 0.475 e. The summed E-state index contributed by atoms with van der Waals surface area (Å²) >= 11 is 0. The Balaban J connectivity index is 0.000000413. The highest BCUT2D eigenvalue weighted by Crippen LogP contribution is 2.33. The molecule has 256 valence electrons. The molecule has 2 aromatic rings. The molecule has 1 aromatic carbocycles. The van der Waals surface area contributed by atoms with Crippen molar-refractivity contribution in [2.75, 3.05) is 38.1 Å². The van der Waals surface area contributed by atoms with Gasteiger partial charge in [0.15, 0.2) is 0 Å². The van der Waals surface area contributed by atoms with Gasteiger partial charge in [-0.15, -0.1) is 0 Å². The molecule has 2 aliphatic rings. The van der Waals surface area contributed by atoms with Crippen LogP contribution in [0.5, 0.6) is 0 Å². The predicted molar refractivity (Wildman–Crippen MR) is 139 cm³/mol. The summed E-state index contributed by atoms with van der Waals surface area (Å²) in [6.45, 7) is 4.22. The largest absolute Gasteiger partial charge is 0.490 e. The van der Waals surface area contributed by atoms with Crippen LogP contribution in [0.4, 0.5) is 45.2 Å². The van der Waals surface area contributed by atoms with E-state index in [4.69, 9.17) is 29.7 Å². The Bertz CT molecular complexity index is 1250. The number of piperazine rings is 1. The van der Waals surface area contributed by atoms with Gasteiger partial charge in [0.1, 0.15) is 0 Å². The number of hydrogen-bond donors (Lipinski definition) is 3. The van der Waals surface area contributed by atoms with E-state index in [1.54, 1.807) is 12.4 Å². The van der Waals surface area contributed by atoms with Gasteiger partial charge in [-0.05, 0) is 31.2 Å². The van der Waals surface area contributed by atoms with Crippen molar-refractivity contribution >= 4 is 29.5 Å². The molecule has 0 radical (unpaired) electrons. The fraction of sp³-hybridized carbons (Fsp3) is 0.423. The molecule has 0 saturated carbocycles. The van der Waals surface area contributed by atoms with Crippen LogP contribution >= 0.6 is 0 Å². The summed E-state index contributed by atoms with van der Waals surface area (Å²) in [6, 6.07) is 14.5. The maximum atomic E-state index is 12.6. The number of pyridine rings is 1. The Kier molecular flexibility index (Phi) is 13.9. The third-order valence-corrected chi connectivity index (χ3v) is 6.28. The molecule has 2 saturated heterocycles. The van der Waals surface area contributed by atoms with Gasteiger partial charge in [0, 0.05) is 32.4 Å². The molecule has 46 heavy (non-hydrogen) atoms. The fourth-order valence-electron chi connectivity index (χ4n) is 4.07. The number of nitrogens with zero attached hydrogens (tertiary/aromatic N) is 4. The van der Waals surface area contributed by atoms with Crippen LogP contribution in [0.1, 0.15) is 12.0 Å². The molecule has 0 aliphatic carbocycles. The Morgan fingerprint density at radius 1 is 0.804 bits per heavy atom. The van der Waals surface area contributed by atoms with Crippen LogP contribution in [0.25, 0.3) is 0 Å². The zero-order valence-corrected chi connectivity index (χ0v) is 23.6. The molecule has 3 heterocycles. The number of aliphatic carboxylic acids is 3. The molecular weight excluding hydrogens is 651 g/mol. The molecule has 1 amide bonds. The van der Waals surface area contributed by atoms with Crippen molar-refractivity contribution in [1.82, 2.24) is 14.8 Å². The summed E-state index contributed by atoms with van der Waals surface area (Å²) in [7, 11) is 2.09. The van der Waals surface area contributed by atoms with Crippen LogP contribution < -0.4 is 4.90 Å². The van der Waals surface area contributed by atoms with Crippen LogP contribution in [0, 0.1) is 0 Å². The van der Waals surface area contributed by atoms with Crippen molar-refractivity contribution in [3.8, 4) is 0 Å². The number of hydrogen-bond acceptors (Lipinski definition) is 7. The van der Waals surface area contributed by atoms with E-state index in [9.17, 15) is 44.3 Å². The number of carboxylic acids is 3. The minimum atomic E-state index is -5.08. The van der Waals surface area contributed by atoms with Crippen molar-refractivity contribution in [2.24, 2.45) is 0 Å². The number of halogens is 9. The number of benzene rings is 1. The zero-order valence-electron chi connectivity index (χ0n) is 23.6. The summed E-state index contributed by atoms with van der Waals surface area (Å²) in [5.74, 6) is -8.12. The van der Waals surface area contributed by atoms with Gasteiger partial charge < -0.3 is 20.2 Å². The lowest BCUT2D eigenvalue weighted by Gasteiger charge is -2.46. The lowest BCUT2D eigenvalue weighted by molar-refractivity contribution is -0.193. The molecule has 1 unspecified atom stereocenters. The molecule has 2 aliphatic heterocycles. The van der Waals surface area contributed by atoms with E-state index in [1.807, 2.05) is 17.0 Å². The standard InChI is InChI=1S/C20H24N4O.3C2HF3O2/c1-22-14-19(25)24(18-8-5-10-21-12-18)16-20(22)9-11-23(15-20)13-17-6-3-2-4-7-17;3*3-2(4,5)1(6)7/h2-8,10,12H,9,11,13-16H2,1H3;3*(H,6,7). The molecule has 20 heteroatoms. The van der Waals surface area contributed by atoms with E-state index in [2.05, 4.69) is 52.2 Å². The number of likely N-dealkylation sites (N-methyl/N-ethyl adjacent to an activating group) is 1. The first-order valence-electron chi connectivity index (χ1n) is 12.6. The van der Waals surface area contributed by atoms with Crippen LogP contribution in [-0.4, -0.2) is 111 Å². The number of aromatic nitrogens is 1. The second-order valence-electron chi connectivity index (χ2n) is 9.63. The molecule has 11 nitrogen and oxygen atoms in total. The van der Waals surface area contributed by atoms with Gasteiger partial charge in [-0.3, -0.25) is 19.6 Å². The first-order chi connectivity index (χ1) is 21.0. The molecule has 1 atom stereocenters. The number of carbonyl (C=O) groups excluding carboxylic acids is 1. The number of carbonyl (C=O) groups is 4. The average molecular weight is 679 g/mol. The lowest BCUT2D eigenvalue weighted by Crippen LogP contribution is -2.64. The Morgan fingerprint density at radius 2 is 1.28 bits per heavy atom. The molecule has 1 aromatic heterocycles. The second kappa shape index (κ2) is 16.2. The minimum Gasteiger partial charge on any atom is -0.475 e. The Morgan fingerprint density at radius 3 is 1.70 bits per heavy atom. The summed E-state index contributed by atoms with van der Waals surface area (Å²) < 4.78 is 95.2. The second-order valence-corrected chi connectivity index (χ2v) is 9.63. The number of amides is 1. The van der Waals surface area contributed by atoms with E-state index in [0.29, 0.717) is 6.54 Å². The molecular formula is C26H27F9N4O7. The Labute approximate surface area is 254 Å². The maximum Gasteiger partial charge on any atom is 0.490 e. The topological polar surface area (TPSA) is 152 Å². The van der Waals surface area contributed by atoms with Gasteiger partial charge in [0.25, 0.3) is 0 Å². The van der Waals surface area contributed by atoms with E-state index < -0.39 is 36.4 Å². The highest BCUT2D eigenvalue weighted by Gasteiger charge is 2.47. The van der Waals surface area contributed by atoms with Gasteiger partial charge in [0.05, 0.1) is 24.0 Å². The molecule has 0 bridgehead atoms. The van der Waals surface area contributed by atoms with Crippen molar-refractivity contribution in [3.05, 3.63) is 60.4 Å². The van der Waals surface area contributed by atoms with E-state index in [-0.39, 0.29) is 11.4 Å². The van der Waals surface area contributed by atoms with Gasteiger partial charge in [-0.2, -0.15) is 39.5 Å². The Hall–Kier alpha value is -4.46. The van der Waals surface area contributed by atoms with Crippen LogP contribution in [0.15, 0.2) is 54.9 Å². The van der Waals surface area contributed by atoms with Crippen molar-refractivity contribution in [3.63, 3.8) is 0 Å². The maximum absolute atomic E-state index is 12.6. The summed E-state index contributed by atoms with van der Waals surface area (Å²) in [5.41, 5.74) is 2.28. The summed E-state index contributed by atoms with van der Waals surface area (Å²) in [5, 5.41) is 21.4. The number of anilines is 1. The highest BCUT2D eigenvalue weighted by molar-refractivity contribution is 5.95. The predicted octanol–water partition coefficient (Wildman–Crippen LogP) is 3.90. The molecule has 2 fully saturated rings. The third-order valence-electron chi connectivity index (χ3n) is 6.28. The first kappa shape index (κ1) is 39.6. The first-order valence-corrected chi connectivity index (χ1v) is 12.6. The minimum absolute atomic E-state index is 0.0263.